The van der Waals surface area contributed by atoms with Crippen LogP contribution in [-0.2, 0) is 16.1 Å². The Kier molecular flexibility index (Phi) is 9.60. The molecule has 32 heavy (non-hydrogen) atoms. The third kappa shape index (κ3) is 7.05. The van der Waals surface area contributed by atoms with Gasteiger partial charge in [0.1, 0.15) is 6.04 Å². The van der Waals surface area contributed by atoms with E-state index in [0.717, 1.165) is 36.1 Å². The van der Waals surface area contributed by atoms with Gasteiger partial charge >= 0.3 is 0 Å². The molecule has 0 aliphatic heterocycles. The summed E-state index contributed by atoms with van der Waals surface area (Å²) >= 11 is 19.8. The molecule has 0 bridgehead atoms. The average Bonchev–Trinajstić information content (AvgIpc) is 3.27. The molecular weight excluding hydrogens is 487 g/mol. The molecule has 8 heteroatoms. The van der Waals surface area contributed by atoms with Gasteiger partial charge in [0.25, 0.3) is 0 Å². The number of hydrogen-bond donors (Lipinski definition) is 1. The number of carbonyl (C=O) groups excluding carboxylic acids is 2. The van der Waals surface area contributed by atoms with Crippen LogP contribution in [0.15, 0.2) is 47.4 Å². The predicted octanol–water partition coefficient (Wildman–Crippen LogP) is 6.61. The van der Waals surface area contributed by atoms with Crippen molar-refractivity contribution >= 4 is 58.4 Å². The second kappa shape index (κ2) is 12.2. The number of carbonyl (C=O) groups is 2. The molecule has 1 fully saturated rings. The molecule has 172 valence electrons. The van der Waals surface area contributed by atoms with Crippen molar-refractivity contribution in [1.29, 1.82) is 0 Å². The lowest BCUT2D eigenvalue weighted by molar-refractivity contribution is -0.139. The van der Waals surface area contributed by atoms with Gasteiger partial charge in [-0.15, -0.1) is 11.8 Å². The highest BCUT2D eigenvalue weighted by atomic mass is 35.5. The van der Waals surface area contributed by atoms with E-state index in [1.54, 1.807) is 35.2 Å². The fourth-order valence-electron chi connectivity index (χ4n) is 3.88. The maximum absolute atomic E-state index is 13.3. The lowest BCUT2D eigenvalue weighted by Crippen LogP contribution is -2.51. The van der Waals surface area contributed by atoms with E-state index >= 15 is 0 Å². The minimum absolute atomic E-state index is 0.102. The molecule has 1 aliphatic rings. The molecule has 1 atom stereocenters. The molecule has 2 amide bonds. The molecule has 1 unspecified atom stereocenters. The molecule has 2 aromatic carbocycles. The summed E-state index contributed by atoms with van der Waals surface area (Å²) in [6.07, 6.45) is 4.75. The van der Waals surface area contributed by atoms with Gasteiger partial charge in [-0.1, -0.05) is 60.6 Å². The van der Waals surface area contributed by atoms with Crippen LogP contribution in [0.25, 0.3) is 0 Å². The molecular formula is C24H27Cl3N2O2S. The largest absolute Gasteiger partial charge is 0.352 e. The number of nitrogens with zero attached hydrogens (tertiary/aromatic N) is 1. The summed E-state index contributed by atoms with van der Waals surface area (Å²) in [6.45, 7) is 2.17. The Labute approximate surface area is 209 Å². The van der Waals surface area contributed by atoms with Crippen LogP contribution in [0.4, 0.5) is 0 Å². The van der Waals surface area contributed by atoms with Crippen LogP contribution in [-0.4, -0.2) is 34.6 Å². The number of rotatable bonds is 9. The maximum Gasteiger partial charge on any atom is 0.243 e. The van der Waals surface area contributed by atoms with Crippen molar-refractivity contribution < 1.29 is 9.59 Å². The van der Waals surface area contributed by atoms with Crippen LogP contribution in [0.3, 0.4) is 0 Å². The van der Waals surface area contributed by atoms with Crippen molar-refractivity contribution in [1.82, 2.24) is 10.2 Å². The van der Waals surface area contributed by atoms with Crippen molar-refractivity contribution in [3.8, 4) is 0 Å². The number of benzene rings is 2. The highest BCUT2D eigenvalue weighted by Crippen LogP contribution is 2.26. The highest BCUT2D eigenvalue weighted by Gasteiger charge is 2.31. The number of halogens is 3. The first-order valence-electron chi connectivity index (χ1n) is 10.8. The van der Waals surface area contributed by atoms with Gasteiger partial charge in [-0.2, -0.15) is 0 Å². The summed E-state index contributed by atoms with van der Waals surface area (Å²) in [7, 11) is 0. The van der Waals surface area contributed by atoms with E-state index < -0.39 is 6.04 Å². The lowest BCUT2D eigenvalue weighted by Gasteiger charge is -2.31. The zero-order valence-electron chi connectivity index (χ0n) is 18.0. The Hall–Kier alpha value is -1.40. The molecule has 2 aromatic rings. The van der Waals surface area contributed by atoms with E-state index in [2.05, 4.69) is 5.32 Å². The van der Waals surface area contributed by atoms with Gasteiger partial charge in [0.2, 0.25) is 11.8 Å². The Morgan fingerprint density at radius 2 is 1.72 bits per heavy atom. The van der Waals surface area contributed by atoms with E-state index in [4.69, 9.17) is 34.8 Å². The summed E-state index contributed by atoms with van der Waals surface area (Å²) in [5, 5.41) is 4.80. The average molecular weight is 514 g/mol. The second-order valence-corrected chi connectivity index (χ2v) is 10.2. The normalized spacial score (nSPS) is 14.9. The molecule has 0 heterocycles. The van der Waals surface area contributed by atoms with Gasteiger partial charge in [-0.05, 0) is 61.2 Å². The topological polar surface area (TPSA) is 49.4 Å². The fourth-order valence-corrected chi connectivity index (χ4v) is 5.26. The number of hydrogen-bond acceptors (Lipinski definition) is 3. The molecule has 0 aromatic heterocycles. The van der Waals surface area contributed by atoms with Crippen LogP contribution >= 0.6 is 46.6 Å². The molecule has 1 saturated carbocycles. The summed E-state index contributed by atoms with van der Waals surface area (Å²) < 4.78 is 0. The van der Waals surface area contributed by atoms with Gasteiger partial charge in [0.15, 0.2) is 0 Å². The summed E-state index contributed by atoms with van der Waals surface area (Å²) in [5.74, 6) is -0.0150. The molecule has 1 aliphatic carbocycles. The first kappa shape index (κ1) is 25.2. The Morgan fingerprint density at radius 1 is 1.06 bits per heavy atom. The third-order valence-corrected chi connectivity index (χ3v) is 7.45. The minimum atomic E-state index is -0.569. The van der Waals surface area contributed by atoms with Crippen molar-refractivity contribution in [2.75, 3.05) is 5.75 Å². The first-order valence-corrected chi connectivity index (χ1v) is 12.9. The lowest BCUT2D eigenvalue weighted by atomic mass is 10.1. The zero-order valence-corrected chi connectivity index (χ0v) is 21.0. The highest BCUT2D eigenvalue weighted by molar-refractivity contribution is 8.00. The van der Waals surface area contributed by atoms with Crippen molar-refractivity contribution in [2.45, 2.75) is 62.6 Å². The second-order valence-electron chi connectivity index (χ2n) is 7.91. The van der Waals surface area contributed by atoms with Crippen LogP contribution in [0.5, 0.6) is 0 Å². The minimum Gasteiger partial charge on any atom is -0.352 e. The van der Waals surface area contributed by atoms with Gasteiger partial charge in [-0.25, -0.2) is 0 Å². The van der Waals surface area contributed by atoms with Gasteiger partial charge in [0, 0.05) is 32.5 Å². The first-order chi connectivity index (χ1) is 15.4. The van der Waals surface area contributed by atoms with Crippen LogP contribution < -0.4 is 5.32 Å². The molecule has 3 rings (SSSR count). The quantitative estimate of drug-likeness (QED) is 0.384. The van der Waals surface area contributed by atoms with Crippen LogP contribution in [0, 0.1) is 0 Å². The Bertz CT molecular complexity index is 933. The van der Waals surface area contributed by atoms with E-state index in [0.29, 0.717) is 21.5 Å². The number of nitrogens with one attached hydrogen (secondary N) is 1. The van der Waals surface area contributed by atoms with Crippen molar-refractivity contribution in [3.05, 3.63) is 63.1 Å². The fraction of sp³-hybridized carbons (Fsp3) is 0.417. The van der Waals surface area contributed by atoms with Crippen LogP contribution in [0.1, 0.15) is 44.6 Å². The number of thioether (sulfide) groups is 1. The standard InChI is InChI=1S/C24H27Cl3N2O2S/c1-2-22(24(31)28-19-5-3-4-6-19)29(14-16-7-8-18(26)13-21(16)27)23(30)15-32-20-11-9-17(25)10-12-20/h7-13,19,22H,2-6,14-15H2,1H3,(H,28,31). The molecule has 0 radical (unpaired) electrons. The van der Waals surface area contributed by atoms with E-state index in [9.17, 15) is 9.59 Å². The van der Waals surface area contributed by atoms with E-state index in [-0.39, 0.29) is 30.2 Å². The van der Waals surface area contributed by atoms with Gasteiger partial charge < -0.3 is 10.2 Å². The van der Waals surface area contributed by atoms with Gasteiger partial charge in [0.05, 0.1) is 5.75 Å². The summed E-state index contributed by atoms with van der Waals surface area (Å²) in [5.41, 5.74) is 0.757. The van der Waals surface area contributed by atoms with Gasteiger partial charge in [-0.3, -0.25) is 9.59 Å². The van der Waals surface area contributed by atoms with Crippen LogP contribution in [0.2, 0.25) is 15.1 Å². The summed E-state index contributed by atoms with van der Waals surface area (Å²) in [6, 6.07) is 12.2. The van der Waals surface area contributed by atoms with Crippen molar-refractivity contribution in [2.24, 2.45) is 0 Å². The molecule has 0 saturated heterocycles. The summed E-state index contributed by atoms with van der Waals surface area (Å²) in [4.78, 5) is 29.1. The SMILES string of the molecule is CCC(C(=O)NC1CCCC1)N(Cc1ccc(Cl)cc1Cl)C(=O)CSc1ccc(Cl)cc1. The van der Waals surface area contributed by atoms with E-state index in [1.165, 1.54) is 11.8 Å². The smallest absolute Gasteiger partial charge is 0.243 e. The van der Waals surface area contributed by atoms with Crippen molar-refractivity contribution in [3.63, 3.8) is 0 Å². The maximum atomic E-state index is 13.3. The molecule has 4 nitrogen and oxygen atoms in total. The number of amides is 2. The predicted molar refractivity (Wildman–Crippen MR) is 134 cm³/mol. The third-order valence-electron chi connectivity index (χ3n) is 5.62. The zero-order chi connectivity index (χ0) is 23.1. The van der Waals surface area contributed by atoms with E-state index in [1.807, 2.05) is 19.1 Å². The molecule has 1 N–H and O–H groups in total. The monoisotopic (exact) mass is 512 g/mol. The Morgan fingerprint density at radius 3 is 2.34 bits per heavy atom. The Balaban J connectivity index is 1.78. The molecule has 0 spiro atoms.